The van der Waals surface area contributed by atoms with Crippen molar-refractivity contribution in [2.24, 2.45) is 13.0 Å². The van der Waals surface area contributed by atoms with Crippen LogP contribution in [-0.2, 0) is 19.9 Å². The van der Waals surface area contributed by atoms with Gasteiger partial charge in [0, 0.05) is 24.1 Å². The maximum absolute atomic E-state index is 6.04. The van der Waals surface area contributed by atoms with Crippen molar-refractivity contribution in [3.63, 3.8) is 0 Å². The topological polar surface area (TPSA) is 17.8 Å². The molecule has 0 aliphatic heterocycles. The molecule has 0 saturated carbocycles. The van der Waals surface area contributed by atoms with Gasteiger partial charge in [0.1, 0.15) is 0 Å². The Balaban J connectivity index is 1.99. The lowest BCUT2D eigenvalue weighted by Crippen LogP contribution is -2.10. The highest BCUT2D eigenvalue weighted by Gasteiger charge is 2.11. The lowest BCUT2D eigenvalue weighted by atomic mass is 9.96. The van der Waals surface area contributed by atoms with E-state index in [2.05, 4.69) is 17.2 Å². The third-order valence-electron chi connectivity index (χ3n) is 2.92. The van der Waals surface area contributed by atoms with E-state index in [4.69, 9.17) is 23.2 Å². The summed E-state index contributed by atoms with van der Waals surface area (Å²) in [5.41, 5.74) is 2.36. The summed E-state index contributed by atoms with van der Waals surface area (Å²) in [6, 6.07) is 9.99. The molecule has 4 heteroatoms. The second-order valence-corrected chi connectivity index (χ2v) is 5.28. The van der Waals surface area contributed by atoms with Crippen LogP contribution in [0.5, 0.6) is 0 Å². The Kier molecular flexibility index (Phi) is 4.67. The number of alkyl halides is 1. The average Bonchev–Trinajstić information content (AvgIpc) is 2.77. The minimum absolute atomic E-state index is 0.405. The molecule has 1 heterocycles. The first-order valence-corrected chi connectivity index (χ1v) is 6.87. The molecular weight excluding hydrogens is 267 g/mol. The monoisotopic (exact) mass is 282 g/mol. The van der Waals surface area contributed by atoms with Gasteiger partial charge in [-0.05, 0) is 42.5 Å². The molecule has 0 amide bonds. The molecule has 2 nitrogen and oxygen atoms in total. The zero-order valence-electron chi connectivity index (χ0n) is 10.3. The Hall–Kier alpha value is -0.990. The van der Waals surface area contributed by atoms with E-state index in [1.54, 1.807) is 0 Å². The van der Waals surface area contributed by atoms with Crippen LogP contribution >= 0.6 is 23.2 Å². The van der Waals surface area contributed by atoms with Crippen molar-refractivity contribution in [3.8, 4) is 0 Å². The van der Waals surface area contributed by atoms with Crippen molar-refractivity contribution < 1.29 is 0 Å². The molecule has 18 heavy (non-hydrogen) atoms. The van der Waals surface area contributed by atoms with Crippen molar-refractivity contribution >= 4 is 23.2 Å². The fourth-order valence-electron chi connectivity index (χ4n) is 2.00. The van der Waals surface area contributed by atoms with Gasteiger partial charge in [-0.2, -0.15) is 5.10 Å². The van der Waals surface area contributed by atoms with Crippen LogP contribution in [0.4, 0.5) is 0 Å². The SMILES string of the molecule is Cn1ccc(CC(CCl)Cc2ccc(Cl)cc2)n1. The molecule has 0 bridgehead atoms. The molecule has 0 saturated heterocycles. The second-order valence-electron chi connectivity index (χ2n) is 4.54. The highest BCUT2D eigenvalue weighted by atomic mass is 35.5. The Morgan fingerprint density at radius 2 is 1.89 bits per heavy atom. The van der Waals surface area contributed by atoms with Gasteiger partial charge in [0.15, 0.2) is 0 Å². The van der Waals surface area contributed by atoms with Gasteiger partial charge in [-0.1, -0.05) is 23.7 Å². The predicted molar refractivity (Wildman–Crippen MR) is 76.3 cm³/mol. The van der Waals surface area contributed by atoms with E-state index in [-0.39, 0.29) is 0 Å². The fraction of sp³-hybridized carbons (Fsp3) is 0.357. The van der Waals surface area contributed by atoms with Crippen molar-refractivity contribution in [2.75, 3.05) is 5.88 Å². The molecule has 0 spiro atoms. The Morgan fingerprint density at radius 1 is 1.17 bits per heavy atom. The van der Waals surface area contributed by atoms with Crippen LogP contribution in [0.3, 0.4) is 0 Å². The first-order valence-electron chi connectivity index (χ1n) is 5.96. The molecule has 0 N–H and O–H groups in total. The number of rotatable bonds is 5. The second kappa shape index (κ2) is 6.26. The van der Waals surface area contributed by atoms with Gasteiger partial charge >= 0.3 is 0 Å². The number of halogens is 2. The van der Waals surface area contributed by atoms with Crippen LogP contribution in [0.25, 0.3) is 0 Å². The summed E-state index contributed by atoms with van der Waals surface area (Å²) in [4.78, 5) is 0. The lowest BCUT2D eigenvalue weighted by molar-refractivity contribution is 0.568. The average molecular weight is 283 g/mol. The van der Waals surface area contributed by atoms with Crippen LogP contribution in [0.1, 0.15) is 11.3 Å². The first-order chi connectivity index (χ1) is 8.67. The largest absolute Gasteiger partial charge is 0.276 e. The summed E-state index contributed by atoms with van der Waals surface area (Å²) >= 11 is 11.9. The molecule has 2 aromatic rings. The molecule has 0 aliphatic rings. The minimum atomic E-state index is 0.405. The Bertz CT molecular complexity index is 491. The number of hydrogen-bond donors (Lipinski definition) is 0. The lowest BCUT2D eigenvalue weighted by Gasteiger charge is -2.12. The first kappa shape index (κ1) is 13.4. The van der Waals surface area contributed by atoms with Gasteiger partial charge in [0.25, 0.3) is 0 Å². The zero-order chi connectivity index (χ0) is 13.0. The summed E-state index contributed by atoms with van der Waals surface area (Å²) in [7, 11) is 1.93. The van der Waals surface area contributed by atoms with E-state index in [0.29, 0.717) is 11.8 Å². The molecular formula is C14H16Cl2N2. The molecule has 1 unspecified atom stereocenters. The fourth-order valence-corrected chi connectivity index (χ4v) is 2.35. The van der Waals surface area contributed by atoms with E-state index in [9.17, 15) is 0 Å². The van der Waals surface area contributed by atoms with Crippen LogP contribution in [-0.4, -0.2) is 15.7 Å². The van der Waals surface area contributed by atoms with E-state index in [0.717, 1.165) is 23.6 Å². The van der Waals surface area contributed by atoms with Crippen molar-refractivity contribution in [2.45, 2.75) is 12.8 Å². The number of benzene rings is 1. The van der Waals surface area contributed by atoms with Gasteiger partial charge in [-0.15, -0.1) is 11.6 Å². The van der Waals surface area contributed by atoms with Gasteiger partial charge in [-0.3, -0.25) is 4.68 Å². The summed E-state index contributed by atoms with van der Waals surface area (Å²) in [6.07, 6.45) is 3.83. The van der Waals surface area contributed by atoms with Crippen molar-refractivity contribution in [1.29, 1.82) is 0 Å². The molecule has 2 rings (SSSR count). The number of hydrogen-bond acceptors (Lipinski definition) is 1. The molecule has 96 valence electrons. The summed E-state index contributed by atoms with van der Waals surface area (Å²) < 4.78 is 1.82. The quantitative estimate of drug-likeness (QED) is 0.765. The minimum Gasteiger partial charge on any atom is -0.276 e. The molecule has 0 fully saturated rings. The maximum Gasteiger partial charge on any atom is 0.0627 e. The van der Waals surface area contributed by atoms with Gasteiger partial charge in [-0.25, -0.2) is 0 Å². The molecule has 0 radical (unpaired) electrons. The molecule has 1 aromatic heterocycles. The third kappa shape index (κ3) is 3.76. The number of aromatic nitrogens is 2. The maximum atomic E-state index is 6.04. The van der Waals surface area contributed by atoms with Crippen LogP contribution < -0.4 is 0 Å². The standard InChI is InChI=1S/C14H16Cl2N2/c1-18-7-6-14(17-18)9-12(10-15)8-11-2-4-13(16)5-3-11/h2-7,12H,8-10H2,1H3. The number of nitrogens with zero attached hydrogens (tertiary/aromatic N) is 2. The van der Waals surface area contributed by atoms with Crippen LogP contribution in [0.15, 0.2) is 36.5 Å². The smallest absolute Gasteiger partial charge is 0.0627 e. The van der Waals surface area contributed by atoms with Gasteiger partial charge in [0.2, 0.25) is 0 Å². The summed E-state index contributed by atoms with van der Waals surface area (Å²) in [5, 5.41) is 5.16. The zero-order valence-corrected chi connectivity index (χ0v) is 11.8. The summed E-state index contributed by atoms with van der Waals surface area (Å²) in [6.45, 7) is 0. The third-order valence-corrected chi connectivity index (χ3v) is 3.61. The summed E-state index contributed by atoms with van der Waals surface area (Å²) in [5.74, 6) is 1.04. The highest BCUT2D eigenvalue weighted by Crippen LogP contribution is 2.17. The normalized spacial score (nSPS) is 12.6. The van der Waals surface area contributed by atoms with E-state index < -0.39 is 0 Å². The van der Waals surface area contributed by atoms with Crippen LogP contribution in [0, 0.1) is 5.92 Å². The molecule has 0 aliphatic carbocycles. The molecule has 1 aromatic carbocycles. The van der Waals surface area contributed by atoms with E-state index in [1.807, 2.05) is 36.1 Å². The number of aryl methyl sites for hydroxylation is 1. The van der Waals surface area contributed by atoms with E-state index >= 15 is 0 Å². The molecule has 1 atom stereocenters. The van der Waals surface area contributed by atoms with E-state index in [1.165, 1.54) is 5.56 Å². The van der Waals surface area contributed by atoms with Crippen LogP contribution in [0.2, 0.25) is 5.02 Å². The van der Waals surface area contributed by atoms with Gasteiger partial charge in [0.05, 0.1) is 5.69 Å². The predicted octanol–water partition coefficient (Wildman–Crippen LogP) is 3.71. The van der Waals surface area contributed by atoms with Crippen molar-refractivity contribution in [1.82, 2.24) is 9.78 Å². The van der Waals surface area contributed by atoms with Crippen molar-refractivity contribution in [3.05, 3.63) is 52.8 Å². The highest BCUT2D eigenvalue weighted by molar-refractivity contribution is 6.30. The Labute approximate surface area is 118 Å². The Morgan fingerprint density at radius 3 is 2.44 bits per heavy atom. The van der Waals surface area contributed by atoms with Gasteiger partial charge < -0.3 is 0 Å².